The van der Waals surface area contributed by atoms with Gasteiger partial charge in [0.1, 0.15) is 29.7 Å². The number of halogens is 1. The highest BCUT2D eigenvalue weighted by Gasteiger charge is 2.26. The van der Waals surface area contributed by atoms with Crippen LogP contribution in [0.25, 0.3) is 22.2 Å². The molecule has 1 aromatic carbocycles. The Hall–Kier alpha value is -2.89. The molecule has 154 valence electrons. The molecule has 1 aliphatic rings. The molecular formula is C22H21BrN4O3. The molecule has 0 spiro atoms. The van der Waals surface area contributed by atoms with Crippen molar-refractivity contribution in [2.45, 2.75) is 32.0 Å². The van der Waals surface area contributed by atoms with Crippen LogP contribution in [0.1, 0.15) is 25.3 Å². The van der Waals surface area contributed by atoms with E-state index >= 15 is 0 Å². The van der Waals surface area contributed by atoms with E-state index in [-0.39, 0.29) is 12.0 Å². The SMILES string of the molecule is CC(O)C(=O)N1CCC(Oc2ccc(-c3c[nH]c4ncc(Br)cc34)cc2C#N)CC1. The van der Waals surface area contributed by atoms with Crippen molar-refractivity contribution in [3.63, 3.8) is 0 Å². The van der Waals surface area contributed by atoms with Gasteiger partial charge < -0.3 is 19.7 Å². The summed E-state index contributed by atoms with van der Waals surface area (Å²) in [5.74, 6) is 0.288. The topological polar surface area (TPSA) is 102 Å². The molecule has 3 aromatic rings. The van der Waals surface area contributed by atoms with Crippen LogP contribution in [0.4, 0.5) is 0 Å². The Balaban J connectivity index is 1.52. The molecule has 1 saturated heterocycles. The van der Waals surface area contributed by atoms with E-state index in [1.165, 1.54) is 6.92 Å². The Morgan fingerprint density at radius 3 is 2.87 bits per heavy atom. The fourth-order valence-corrected chi connectivity index (χ4v) is 4.07. The number of H-pyrrole nitrogens is 1. The molecule has 1 unspecified atom stereocenters. The smallest absolute Gasteiger partial charge is 0.251 e. The maximum atomic E-state index is 11.9. The maximum absolute atomic E-state index is 11.9. The van der Waals surface area contributed by atoms with E-state index in [2.05, 4.69) is 32.0 Å². The first-order valence-corrected chi connectivity index (χ1v) is 10.6. The molecule has 0 saturated carbocycles. The van der Waals surface area contributed by atoms with Crippen LogP contribution in [0, 0.1) is 11.3 Å². The number of nitrogens with one attached hydrogen (secondary N) is 1. The molecule has 1 amide bonds. The number of aromatic amines is 1. The summed E-state index contributed by atoms with van der Waals surface area (Å²) < 4.78 is 6.98. The van der Waals surface area contributed by atoms with Gasteiger partial charge >= 0.3 is 0 Å². The lowest BCUT2D eigenvalue weighted by Crippen LogP contribution is -2.45. The number of ether oxygens (including phenoxy) is 1. The number of aliphatic hydroxyl groups excluding tert-OH is 1. The molecule has 0 aliphatic carbocycles. The second kappa shape index (κ2) is 8.46. The van der Waals surface area contributed by atoms with Crippen molar-refractivity contribution in [2.24, 2.45) is 0 Å². The van der Waals surface area contributed by atoms with Gasteiger partial charge in [-0.15, -0.1) is 0 Å². The van der Waals surface area contributed by atoms with Crippen LogP contribution in [0.2, 0.25) is 0 Å². The first-order valence-electron chi connectivity index (χ1n) is 9.77. The molecule has 30 heavy (non-hydrogen) atoms. The van der Waals surface area contributed by atoms with Gasteiger partial charge in [0.05, 0.1) is 5.56 Å². The molecule has 1 aliphatic heterocycles. The lowest BCUT2D eigenvalue weighted by Gasteiger charge is -2.33. The third kappa shape index (κ3) is 4.04. The molecule has 7 nitrogen and oxygen atoms in total. The van der Waals surface area contributed by atoms with Crippen molar-refractivity contribution in [2.75, 3.05) is 13.1 Å². The number of likely N-dealkylation sites (tertiary alicyclic amines) is 1. The number of fused-ring (bicyclic) bond motifs is 1. The van der Waals surface area contributed by atoms with E-state index in [0.717, 1.165) is 26.6 Å². The monoisotopic (exact) mass is 468 g/mol. The fraction of sp³-hybridized carbons (Fsp3) is 0.318. The number of pyridine rings is 1. The van der Waals surface area contributed by atoms with Crippen molar-refractivity contribution in [3.05, 3.63) is 46.7 Å². The standard InChI is InChI=1S/C22H21BrN4O3/c1-13(28)22(29)27-6-4-17(5-7-27)30-20-3-2-14(8-15(20)10-24)19-12-26-21-18(19)9-16(23)11-25-21/h2-3,8-9,11-13,17,28H,4-7H2,1H3,(H,25,26). The van der Waals surface area contributed by atoms with E-state index in [1.54, 1.807) is 11.1 Å². The second-order valence-electron chi connectivity index (χ2n) is 7.39. The zero-order chi connectivity index (χ0) is 21.3. The van der Waals surface area contributed by atoms with Crippen molar-refractivity contribution in [3.8, 4) is 22.9 Å². The van der Waals surface area contributed by atoms with E-state index < -0.39 is 6.10 Å². The van der Waals surface area contributed by atoms with Gasteiger partial charge in [0.2, 0.25) is 0 Å². The van der Waals surface area contributed by atoms with E-state index in [9.17, 15) is 15.2 Å². The highest BCUT2D eigenvalue weighted by atomic mass is 79.9. The molecule has 0 bridgehead atoms. The van der Waals surface area contributed by atoms with Gasteiger partial charge in [0, 0.05) is 53.7 Å². The minimum Gasteiger partial charge on any atom is -0.489 e. The Bertz CT molecular complexity index is 1130. The molecule has 0 radical (unpaired) electrons. The summed E-state index contributed by atoms with van der Waals surface area (Å²) >= 11 is 3.45. The van der Waals surface area contributed by atoms with Crippen molar-refractivity contribution in [1.82, 2.24) is 14.9 Å². The molecular weight excluding hydrogens is 448 g/mol. The highest BCUT2D eigenvalue weighted by Crippen LogP contribution is 2.33. The van der Waals surface area contributed by atoms with Gasteiger partial charge in [-0.1, -0.05) is 6.07 Å². The van der Waals surface area contributed by atoms with E-state index in [4.69, 9.17) is 4.74 Å². The average molecular weight is 469 g/mol. The van der Waals surface area contributed by atoms with E-state index in [1.807, 2.05) is 30.5 Å². The summed E-state index contributed by atoms with van der Waals surface area (Å²) in [6.45, 7) is 2.55. The third-order valence-electron chi connectivity index (χ3n) is 5.31. The number of aliphatic hydroxyl groups is 1. The maximum Gasteiger partial charge on any atom is 0.251 e. The second-order valence-corrected chi connectivity index (χ2v) is 8.31. The Morgan fingerprint density at radius 1 is 1.40 bits per heavy atom. The first-order chi connectivity index (χ1) is 14.5. The number of hydrogen-bond acceptors (Lipinski definition) is 5. The van der Waals surface area contributed by atoms with Crippen LogP contribution in [-0.2, 0) is 4.79 Å². The summed E-state index contributed by atoms with van der Waals surface area (Å²) in [6, 6.07) is 9.81. The predicted octanol–water partition coefficient (Wildman–Crippen LogP) is 3.61. The van der Waals surface area contributed by atoms with E-state index in [0.29, 0.717) is 37.2 Å². The van der Waals surface area contributed by atoms with Gasteiger partial charge in [-0.05, 0) is 46.6 Å². The van der Waals surface area contributed by atoms with Crippen LogP contribution < -0.4 is 4.74 Å². The molecule has 2 aromatic heterocycles. The molecule has 4 rings (SSSR count). The van der Waals surface area contributed by atoms with Crippen LogP contribution >= 0.6 is 15.9 Å². The number of nitriles is 1. The van der Waals surface area contributed by atoms with Crippen LogP contribution in [0.15, 0.2) is 41.1 Å². The first kappa shape index (κ1) is 20.4. The van der Waals surface area contributed by atoms with Crippen molar-refractivity contribution >= 4 is 32.9 Å². The number of carbonyl (C=O) groups excluding carboxylic acids is 1. The number of rotatable bonds is 4. The summed E-state index contributed by atoms with van der Waals surface area (Å²) in [4.78, 5) is 21.1. The van der Waals surface area contributed by atoms with Gasteiger partial charge in [0.25, 0.3) is 5.91 Å². The summed E-state index contributed by atoms with van der Waals surface area (Å²) in [5.41, 5.74) is 3.12. The molecule has 1 atom stereocenters. The average Bonchev–Trinajstić information content (AvgIpc) is 3.17. The summed E-state index contributed by atoms with van der Waals surface area (Å²) in [7, 11) is 0. The number of benzene rings is 1. The van der Waals surface area contributed by atoms with Gasteiger partial charge in [0.15, 0.2) is 0 Å². The third-order valence-corrected chi connectivity index (χ3v) is 5.75. The normalized spacial score (nSPS) is 15.7. The highest BCUT2D eigenvalue weighted by molar-refractivity contribution is 9.10. The fourth-order valence-electron chi connectivity index (χ4n) is 3.74. The number of nitrogens with zero attached hydrogens (tertiary/aromatic N) is 3. The van der Waals surface area contributed by atoms with Crippen LogP contribution in [0.3, 0.4) is 0 Å². The number of piperidine rings is 1. The number of carbonyl (C=O) groups is 1. The van der Waals surface area contributed by atoms with Crippen LogP contribution in [0.5, 0.6) is 5.75 Å². The molecule has 1 fully saturated rings. The Morgan fingerprint density at radius 2 is 2.17 bits per heavy atom. The quantitative estimate of drug-likeness (QED) is 0.608. The zero-order valence-corrected chi connectivity index (χ0v) is 18.0. The molecule has 8 heteroatoms. The van der Waals surface area contributed by atoms with Crippen molar-refractivity contribution < 1.29 is 14.6 Å². The van der Waals surface area contributed by atoms with Gasteiger partial charge in [-0.3, -0.25) is 4.79 Å². The summed E-state index contributed by atoms with van der Waals surface area (Å²) in [5, 5.41) is 20.1. The van der Waals surface area contributed by atoms with Gasteiger partial charge in [-0.25, -0.2) is 4.98 Å². The predicted molar refractivity (Wildman–Crippen MR) is 116 cm³/mol. The van der Waals surface area contributed by atoms with Crippen molar-refractivity contribution in [1.29, 1.82) is 5.26 Å². The Labute approximate surface area is 182 Å². The lowest BCUT2D eigenvalue weighted by atomic mass is 10.0. The molecule has 3 heterocycles. The number of aromatic nitrogens is 2. The van der Waals surface area contributed by atoms with Crippen LogP contribution in [-0.4, -0.2) is 51.2 Å². The minimum absolute atomic E-state index is 0.0748. The van der Waals surface area contributed by atoms with Gasteiger partial charge in [-0.2, -0.15) is 5.26 Å². The molecule has 2 N–H and O–H groups in total. The number of amides is 1. The Kier molecular flexibility index (Phi) is 5.75. The number of hydrogen-bond donors (Lipinski definition) is 2. The lowest BCUT2D eigenvalue weighted by molar-refractivity contribution is -0.141. The summed E-state index contributed by atoms with van der Waals surface area (Å²) in [6.07, 6.45) is 3.88. The zero-order valence-electron chi connectivity index (χ0n) is 16.4. The largest absolute Gasteiger partial charge is 0.489 e. The minimum atomic E-state index is -0.986.